The molecule has 1 aliphatic heterocycles. The number of methoxy groups -OCH3 is 3. The van der Waals surface area contributed by atoms with Crippen LogP contribution in [0, 0.1) is 0 Å². The molecule has 1 saturated heterocycles. The van der Waals surface area contributed by atoms with Crippen LogP contribution in [-0.2, 0) is 9.53 Å². The Kier molecular flexibility index (Phi) is 3.08. The maximum absolute atomic E-state index is 11.3. The molecule has 2 rings (SSSR count). The summed E-state index contributed by atoms with van der Waals surface area (Å²) in [6.45, 7) is 0.683. The number of rotatable bonds is 4. The Balaban J connectivity index is 2.16. The first-order valence-electron chi connectivity index (χ1n) is 5.27. The molecule has 1 unspecified atom stereocenters. The van der Waals surface area contributed by atoms with Gasteiger partial charge in [0.25, 0.3) is 0 Å². The van der Waals surface area contributed by atoms with Crippen LogP contribution in [0.25, 0.3) is 0 Å². The molecule has 0 aromatic heterocycles. The van der Waals surface area contributed by atoms with E-state index >= 15 is 0 Å². The summed E-state index contributed by atoms with van der Waals surface area (Å²) in [4.78, 5) is 13.3. The van der Waals surface area contributed by atoms with Crippen LogP contribution in [0.5, 0.6) is 11.5 Å². The average Bonchev–Trinajstić information content (AvgIpc) is 3.17. The first kappa shape index (κ1) is 11.6. The van der Waals surface area contributed by atoms with Gasteiger partial charge in [0.1, 0.15) is 6.04 Å². The van der Waals surface area contributed by atoms with E-state index < -0.39 is 0 Å². The third-order valence-corrected chi connectivity index (χ3v) is 2.78. The summed E-state index contributed by atoms with van der Waals surface area (Å²) < 4.78 is 15.1. The molecule has 1 aromatic carbocycles. The Morgan fingerprint density at radius 2 is 1.94 bits per heavy atom. The molecule has 1 fully saturated rings. The van der Waals surface area contributed by atoms with Gasteiger partial charge in [0.05, 0.1) is 27.9 Å². The van der Waals surface area contributed by atoms with Crippen molar-refractivity contribution in [1.82, 2.24) is 0 Å². The molecule has 0 radical (unpaired) electrons. The van der Waals surface area contributed by atoms with E-state index in [-0.39, 0.29) is 12.0 Å². The molecule has 5 heteroatoms. The van der Waals surface area contributed by atoms with E-state index in [1.54, 1.807) is 14.2 Å². The summed E-state index contributed by atoms with van der Waals surface area (Å²) in [5.74, 6) is 1.12. The molecule has 0 spiro atoms. The van der Waals surface area contributed by atoms with Crippen molar-refractivity contribution < 1.29 is 19.0 Å². The fraction of sp³-hybridized carbons (Fsp3) is 0.417. The molecule has 5 nitrogen and oxygen atoms in total. The molecule has 0 amide bonds. The van der Waals surface area contributed by atoms with Gasteiger partial charge < -0.3 is 19.1 Å². The van der Waals surface area contributed by atoms with Crippen molar-refractivity contribution in [1.29, 1.82) is 0 Å². The van der Waals surface area contributed by atoms with E-state index in [1.807, 2.05) is 23.1 Å². The van der Waals surface area contributed by atoms with E-state index in [9.17, 15) is 4.79 Å². The van der Waals surface area contributed by atoms with Gasteiger partial charge in [-0.3, -0.25) is 0 Å². The van der Waals surface area contributed by atoms with Crippen LogP contribution in [0.1, 0.15) is 0 Å². The normalized spacial score (nSPS) is 17.6. The molecule has 92 valence electrons. The molecule has 1 atom stereocenters. The van der Waals surface area contributed by atoms with Crippen LogP contribution in [0.3, 0.4) is 0 Å². The van der Waals surface area contributed by atoms with Gasteiger partial charge in [-0.1, -0.05) is 0 Å². The van der Waals surface area contributed by atoms with Crippen LogP contribution in [0.2, 0.25) is 0 Å². The van der Waals surface area contributed by atoms with Crippen LogP contribution in [0.15, 0.2) is 18.2 Å². The van der Waals surface area contributed by atoms with E-state index in [0.717, 1.165) is 5.69 Å². The highest BCUT2D eigenvalue weighted by atomic mass is 16.5. The monoisotopic (exact) mass is 237 g/mol. The number of hydrogen-bond acceptors (Lipinski definition) is 5. The molecule has 1 aromatic rings. The summed E-state index contributed by atoms with van der Waals surface area (Å²) in [7, 11) is 4.57. The lowest BCUT2D eigenvalue weighted by atomic mass is 10.2. The second-order valence-electron chi connectivity index (χ2n) is 3.73. The van der Waals surface area contributed by atoms with Crippen molar-refractivity contribution in [2.24, 2.45) is 0 Å². The molecule has 0 N–H and O–H groups in total. The molecule has 1 heterocycles. The van der Waals surface area contributed by atoms with E-state index in [1.165, 1.54) is 7.11 Å². The van der Waals surface area contributed by atoms with Crippen LogP contribution < -0.4 is 14.4 Å². The summed E-state index contributed by atoms with van der Waals surface area (Å²) in [6, 6.07) is 5.39. The maximum Gasteiger partial charge on any atom is 0.330 e. The Morgan fingerprint density at radius 3 is 2.53 bits per heavy atom. The molecule has 17 heavy (non-hydrogen) atoms. The fourth-order valence-electron chi connectivity index (χ4n) is 1.77. The molecule has 0 saturated carbocycles. The maximum atomic E-state index is 11.3. The van der Waals surface area contributed by atoms with Gasteiger partial charge in [-0.05, 0) is 12.1 Å². The number of carbonyl (C=O) groups is 1. The number of anilines is 1. The third kappa shape index (κ3) is 2.13. The third-order valence-electron chi connectivity index (χ3n) is 2.78. The minimum absolute atomic E-state index is 0.168. The van der Waals surface area contributed by atoms with Gasteiger partial charge in [0.2, 0.25) is 0 Å². The molecular weight excluding hydrogens is 222 g/mol. The molecule has 1 aliphatic rings. The number of benzene rings is 1. The summed E-state index contributed by atoms with van der Waals surface area (Å²) in [5.41, 5.74) is 0.929. The summed E-state index contributed by atoms with van der Waals surface area (Å²) >= 11 is 0. The smallest absolute Gasteiger partial charge is 0.330 e. The van der Waals surface area contributed by atoms with Crippen molar-refractivity contribution in [3.05, 3.63) is 18.2 Å². The minimum atomic E-state index is -0.209. The van der Waals surface area contributed by atoms with Gasteiger partial charge >= 0.3 is 5.97 Å². The van der Waals surface area contributed by atoms with Gasteiger partial charge in [-0.15, -0.1) is 0 Å². The Hall–Kier alpha value is -1.91. The van der Waals surface area contributed by atoms with Crippen molar-refractivity contribution in [3.8, 4) is 11.5 Å². The standard InChI is InChI=1S/C12H15NO4/c1-15-10-5-4-8(6-11(10)16-2)13-7-9(13)12(14)17-3/h4-6,9H,7H2,1-3H3. The number of nitrogens with zero attached hydrogens (tertiary/aromatic N) is 1. The highest BCUT2D eigenvalue weighted by molar-refractivity contribution is 5.86. The van der Waals surface area contributed by atoms with E-state index in [2.05, 4.69) is 0 Å². The van der Waals surface area contributed by atoms with Crippen LogP contribution >= 0.6 is 0 Å². The Labute approximate surface area is 99.9 Å². The lowest BCUT2D eigenvalue weighted by Gasteiger charge is -2.10. The van der Waals surface area contributed by atoms with E-state index in [0.29, 0.717) is 18.0 Å². The van der Waals surface area contributed by atoms with Crippen molar-refractivity contribution in [2.75, 3.05) is 32.8 Å². The van der Waals surface area contributed by atoms with Gasteiger partial charge in [-0.2, -0.15) is 0 Å². The van der Waals surface area contributed by atoms with Crippen LogP contribution in [-0.4, -0.2) is 39.9 Å². The second-order valence-corrected chi connectivity index (χ2v) is 3.73. The zero-order valence-corrected chi connectivity index (χ0v) is 10.1. The number of carbonyl (C=O) groups excluding carboxylic acids is 1. The fourth-order valence-corrected chi connectivity index (χ4v) is 1.77. The first-order valence-corrected chi connectivity index (χ1v) is 5.27. The zero-order valence-electron chi connectivity index (χ0n) is 10.1. The predicted octanol–water partition coefficient (Wildman–Crippen LogP) is 1.07. The lowest BCUT2D eigenvalue weighted by molar-refractivity contribution is -0.139. The summed E-state index contributed by atoms with van der Waals surface area (Å²) in [5, 5.41) is 0. The largest absolute Gasteiger partial charge is 0.493 e. The zero-order chi connectivity index (χ0) is 12.4. The lowest BCUT2D eigenvalue weighted by Crippen LogP contribution is -2.13. The van der Waals surface area contributed by atoms with Gasteiger partial charge in [0, 0.05) is 11.8 Å². The molecular formula is C12H15NO4. The topological polar surface area (TPSA) is 47.8 Å². The Bertz CT molecular complexity index is 433. The highest BCUT2D eigenvalue weighted by Crippen LogP contribution is 2.36. The van der Waals surface area contributed by atoms with Crippen LogP contribution in [0.4, 0.5) is 5.69 Å². The van der Waals surface area contributed by atoms with Crippen molar-refractivity contribution in [3.63, 3.8) is 0 Å². The second kappa shape index (κ2) is 4.53. The van der Waals surface area contributed by atoms with Crippen molar-refractivity contribution in [2.45, 2.75) is 6.04 Å². The molecule has 0 bridgehead atoms. The number of ether oxygens (including phenoxy) is 3. The van der Waals surface area contributed by atoms with E-state index in [4.69, 9.17) is 14.2 Å². The average molecular weight is 237 g/mol. The van der Waals surface area contributed by atoms with Gasteiger partial charge in [0.15, 0.2) is 11.5 Å². The number of hydrogen-bond donors (Lipinski definition) is 0. The minimum Gasteiger partial charge on any atom is -0.493 e. The SMILES string of the molecule is COC(=O)C1CN1c1ccc(OC)c(OC)c1. The predicted molar refractivity (Wildman–Crippen MR) is 62.7 cm³/mol. The number of esters is 1. The first-order chi connectivity index (χ1) is 8.21. The summed E-state index contributed by atoms with van der Waals surface area (Å²) in [6.07, 6.45) is 0. The quantitative estimate of drug-likeness (QED) is 0.579. The van der Waals surface area contributed by atoms with Gasteiger partial charge in [-0.25, -0.2) is 4.79 Å². The van der Waals surface area contributed by atoms with Crippen molar-refractivity contribution >= 4 is 11.7 Å². The molecule has 0 aliphatic carbocycles. The highest BCUT2D eigenvalue weighted by Gasteiger charge is 2.41. The Morgan fingerprint density at radius 1 is 1.24 bits per heavy atom.